The summed E-state index contributed by atoms with van der Waals surface area (Å²) < 4.78 is 32.4. The number of nitrogens with zero attached hydrogens (tertiary/aromatic N) is 1. The van der Waals surface area contributed by atoms with E-state index in [0.717, 1.165) is 0 Å². The zero-order valence-corrected chi connectivity index (χ0v) is 13.2. The van der Waals surface area contributed by atoms with Crippen LogP contribution in [0.3, 0.4) is 0 Å². The first-order valence-electron chi connectivity index (χ1n) is 6.98. The lowest BCUT2D eigenvalue weighted by Crippen LogP contribution is -2.43. The van der Waals surface area contributed by atoms with E-state index in [2.05, 4.69) is 4.72 Å². The van der Waals surface area contributed by atoms with Crippen LogP contribution in [0.1, 0.15) is 26.7 Å². The third-order valence-corrected chi connectivity index (χ3v) is 4.85. The lowest BCUT2D eigenvalue weighted by molar-refractivity contribution is -0.126. The van der Waals surface area contributed by atoms with Crippen LogP contribution in [-0.4, -0.2) is 34.0 Å². The molecule has 1 aromatic carbocycles. The summed E-state index contributed by atoms with van der Waals surface area (Å²) in [6.07, 6.45) is 0.771. The first-order valence-corrected chi connectivity index (χ1v) is 8.47. The Labute approximate surface area is 125 Å². The summed E-state index contributed by atoms with van der Waals surface area (Å²) in [4.78, 5) is 13.7. The van der Waals surface area contributed by atoms with Crippen molar-refractivity contribution >= 4 is 21.6 Å². The molecule has 116 valence electrons. The summed E-state index contributed by atoms with van der Waals surface area (Å²) in [5.74, 6) is 0.361. The second kappa shape index (κ2) is 6.03. The average molecular weight is 312 g/mol. The number of rotatable bonds is 5. The Morgan fingerprint density at radius 2 is 2.05 bits per heavy atom. The number of benzene rings is 1. The molecule has 2 rings (SSSR count). The van der Waals surface area contributed by atoms with Crippen molar-refractivity contribution in [2.75, 3.05) is 18.5 Å². The largest absolute Gasteiger partial charge is 0.478 e. The number of hydrogen-bond acceptors (Lipinski definition) is 4. The van der Waals surface area contributed by atoms with Gasteiger partial charge in [-0.3, -0.25) is 4.79 Å². The van der Waals surface area contributed by atoms with Gasteiger partial charge in [0, 0.05) is 13.6 Å². The van der Waals surface area contributed by atoms with E-state index in [1.54, 1.807) is 13.1 Å². The second-order valence-corrected chi connectivity index (χ2v) is 6.71. The predicted octanol–water partition coefficient (Wildman–Crippen LogP) is 1.51. The van der Waals surface area contributed by atoms with E-state index in [-0.39, 0.29) is 10.8 Å². The van der Waals surface area contributed by atoms with E-state index in [9.17, 15) is 13.2 Å². The molecule has 0 fully saturated rings. The van der Waals surface area contributed by atoms with E-state index in [0.29, 0.717) is 30.8 Å². The maximum atomic E-state index is 12.1. The van der Waals surface area contributed by atoms with E-state index in [4.69, 9.17) is 4.74 Å². The van der Waals surface area contributed by atoms with E-state index < -0.39 is 16.1 Å². The molecule has 1 aromatic rings. The number of hydrogen-bond donors (Lipinski definition) is 1. The maximum absolute atomic E-state index is 12.1. The Bertz CT molecular complexity index is 642. The van der Waals surface area contributed by atoms with Gasteiger partial charge in [0.25, 0.3) is 5.91 Å². The van der Waals surface area contributed by atoms with Crippen LogP contribution in [0.4, 0.5) is 5.69 Å². The van der Waals surface area contributed by atoms with Crippen molar-refractivity contribution in [3.8, 4) is 5.75 Å². The van der Waals surface area contributed by atoms with Gasteiger partial charge in [-0.15, -0.1) is 0 Å². The van der Waals surface area contributed by atoms with Crippen LogP contribution < -0.4 is 14.4 Å². The fraction of sp³-hybridized carbons (Fsp3) is 0.500. The number of ether oxygens (including phenoxy) is 1. The summed E-state index contributed by atoms with van der Waals surface area (Å²) in [7, 11) is -1.93. The molecular weight excluding hydrogens is 292 g/mol. The molecule has 0 saturated carbocycles. The van der Waals surface area contributed by atoms with Crippen molar-refractivity contribution in [2.24, 2.45) is 0 Å². The van der Waals surface area contributed by atoms with Gasteiger partial charge in [-0.2, -0.15) is 0 Å². The fourth-order valence-corrected chi connectivity index (χ4v) is 3.30. The van der Waals surface area contributed by atoms with Crippen molar-refractivity contribution in [3.63, 3.8) is 0 Å². The van der Waals surface area contributed by atoms with Gasteiger partial charge < -0.3 is 9.64 Å². The number of likely N-dealkylation sites (N-methyl/N-ethyl adjacent to an activating group) is 1. The zero-order valence-electron chi connectivity index (χ0n) is 12.4. The molecule has 0 bridgehead atoms. The van der Waals surface area contributed by atoms with Gasteiger partial charge in [0.1, 0.15) is 5.75 Å². The number of fused-ring (bicyclic) bond motifs is 1. The van der Waals surface area contributed by atoms with Gasteiger partial charge in [0.2, 0.25) is 10.0 Å². The summed E-state index contributed by atoms with van der Waals surface area (Å²) in [6.45, 7) is 4.14. The van der Waals surface area contributed by atoms with Crippen LogP contribution in [0, 0.1) is 0 Å². The Balaban J connectivity index is 2.38. The van der Waals surface area contributed by atoms with Crippen LogP contribution in [0.2, 0.25) is 0 Å². The molecule has 6 nitrogen and oxygen atoms in total. The fourth-order valence-electron chi connectivity index (χ4n) is 2.14. The highest BCUT2D eigenvalue weighted by atomic mass is 32.2. The highest BCUT2D eigenvalue weighted by molar-refractivity contribution is 7.89. The van der Waals surface area contributed by atoms with Crippen LogP contribution in [0.25, 0.3) is 0 Å². The number of anilines is 1. The van der Waals surface area contributed by atoms with Gasteiger partial charge in [0.05, 0.1) is 10.6 Å². The van der Waals surface area contributed by atoms with Gasteiger partial charge in [0.15, 0.2) is 6.10 Å². The normalized spacial score (nSPS) is 18.3. The van der Waals surface area contributed by atoms with Crippen molar-refractivity contribution in [3.05, 3.63) is 18.2 Å². The van der Waals surface area contributed by atoms with Gasteiger partial charge in [-0.05, 0) is 31.0 Å². The Kier molecular flexibility index (Phi) is 4.53. The predicted molar refractivity (Wildman–Crippen MR) is 80.0 cm³/mol. The molecule has 0 saturated heterocycles. The minimum atomic E-state index is -3.56. The smallest absolute Gasteiger partial charge is 0.267 e. The number of carbonyl (C=O) groups is 1. The van der Waals surface area contributed by atoms with E-state index >= 15 is 0 Å². The van der Waals surface area contributed by atoms with Gasteiger partial charge in [-0.1, -0.05) is 13.8 Å². The SMILES string of the molecule is CCCNS(=O)(=O)c1ccc2c(c1)N(C)C(=O)C(CC)O2. The van der Waals surface area contributed by atoms with Crippen molar-refractivity contribution in [2.45, 2.75) is 37.7 Å². The van der Waals surface area contributed by atoms with E-state index in [1.165, 1.54) is 17.0 Å². The molecule has 1 heterocycles. The molecule has 1 aliphatic rings. The summed E-state index contributed by atoms with van der Waals surface area (Å²) >= 11 is 0. The number of nitrogens with one attached hydrogen (secondary N) is 1. The van der Waals surface area contributed by atoms with Gasteiger partial charge in [-0.25, -0.2) is 13.1 Å². The molecule has 1 atom stereocenters. The van der Waals surface area contributed by atoms with Crippen LogP contribution in [0.5, 0.6) is 5.75 Å². The lowest BCUT2D eigenvalue weighted by Gasteiger charge is -2.31. The van der Waals surface area contributed by atoms with Crippen LogP contribution in [0.15, 0.2) is 23.1 Å². The summed E-state index contributed by atoms with van der Waals surface area (Å²) in [6, 6.07) is 4.56. The molecule has 21 heavy (non-hydrogen) atoms. The zero-order chi connectivity index (χ0) is 15.6. The molecule has 1 amide bonds. The molecule has 1 unspecified atom stereocenters. The minimum absolute atomic E-state index is 0.132. The maximum Gasteiger partial charge on any atom is 0.267 e. The summed E-state index contributed by atoms with van der Waals surface area (Å²) in [5, 5.41) is 0. The second-order valence-electron chi connectivity index (χ2n) is 4.94. The lowest BCUT2D eigenvalue weighted by atomic mass is 10.1. The number of sulfonamides is 1. The molecule has 0 spiro atoms. The first kappa shape index (κ1) is 15.8. The molecular formula is C14H20N2O4S. The third kappa shape index (κ3) is 3.03. The number of carbonyl (C=O) groups excluding carboxylic acids is 1. The molecule has 1 N–H and O–H groups in total. The quantitative estimate of drug-likeness (QED) is 0.894. The Morgan fingerprint density at radius 1 is 1.33 bits per heavy atom. The van der Waals surface area contributed by atoms with Crippen molar-refractivity contribution in [1.82, 2.24) is 4.72 Å². The first-order chi connectivity index (χ1) is 9.90. The van der Waals surface area contributed by atoms with Crippen LogP contribution in [-0.2, 0) is 14.8 Å². The highest BCUT2D eigenvalue weighted by Crippen LogP contribution is 2.35. The highest BCUT2D eigenvalue weighted by Gasteiger charge is 2.31. The van der Waals surface area contributed by atoms with Crippen molar-refractivity contribution < 1.29 is 17.9 Å². The molecule has 7 heteroatoms. The molecule has 1 aliphatic heterocycles. The Morgan fingerprint density at radius 3 is 2.67 bits per heavy atom. The third-order valence-electron chi connectivity index (χ3n) is 3.39. The monoisotopic (exact) mass is 312 g/mol. The molecule has 0 aromatic heterocycles. The van der Waals surface area contributed by atoms with E-state index in [1.807, 2.05) is 13.8 Å². The molecule has 0 aliphatic carbocycles. The van der Waals surface area contributed by atoms with Gasteiger partial charge >= 0.3 is 0 Å². The van der Waals surface area contributed by atoms with Crippen molar-refractivity contribution in [1.29, 1.82) is 0 Å². The topological polar surface area (TPSA) is 75.7 Å². The Hall–Kier alpha value is -1.60. The van der Waals surface area contributed by atoms with Crippen LogP contribution >= 0.6 is 0 Å². The average Bonchev–Trinajstić information content (AvgIpc) is 2.48. The number of amides is 1. The standard InChI is InChI=1S/C14H20N2O4S/c1-4-8-15-21(18,19)10-6-7-13-11(9-10)16(3)14(17)12(5-2)20-13/h6-7,9,12,15H,4-5,8H2,1-3H3. The molecule has 0 radical (unpaired) electrons. The minimum Gasteiger partial charge on any atom is -0.478 e. The summed E-state index contributed by atoms with van der Waals surface area (Å²) in [5.41, 5.74) is 0.476.